The van der Waals surface area contributed by atoms with Gasteiger partial charge in [0.1, 0.15) is 0 Å². The van der Waals surface area contributed by atoms with E-state index >= 15 is 0 Å². The molecule has 16 heavy (non-hydrogen) atoms. The van der Waals surface area contributed by atoms with Gasteiger partial charge in [0.25, 0.3) is 0 Å². The first kappa shape index (κ1) is 13.5. The van der Waals surface area contributed by atoms with E-state index in [1.54, 1.807) is 0 Å². The first-order valence-electron chi connectivity index (χ1n) is 6.41. The minimum absolute atomic E-state index is 0.0273. The van der Waals surface area contributed by atoms with Crippen LogP contribution in [0.4, 0.5) is 0 Å². The second-order valence-electron chi connectivity index (χ2n) is 5.63. The van der Waals surface area contributed by atoms with Crippen LogP contribution in [-0.2, 0) is 4.79 Å². The van der Waals surface area contributed by atoms with Crippen molar-refractivity contribution >= 4 is 5.91 Å². The third-order valence-corrected chi connectivity index (χ3v) is 3.82. The highest BCUT2D eigenvalue weighted by molar-refractivity contribution is 5.82. The first-order chi connectivity index (χ1) is 7.49. The molecular formula is C13H25NO2. The molecule has 2 N–H and O–H groups in total. The van der Waals surface area contributed by atoms with Crippen LogP contribution in [0, 0.1) is 11.3 Å². The van der Waals surface area contributed by atoms with Crippen molar-refractivity contribution in [2.24, 2.45) is 11.3 Å². The molecule has 0 aromatic heterocycles. The molecule has 1 fully saturated rings. The molecule has 1 amide bonds. The van der Waals surface area contributed by atoms with E-state index in [2.05, 4.69) is 12.2 Å². The van der Waals surface area contributed by atoms with Crippen LogP contribution < -0.4 is 5.32 Å². The van der Waals surface area contributed by atoms with E-state index in [4.69, 9.17) is 0 Å². The van der Waals surface area contributed by atoms with Crippen LogP contribution in [0.25, 0.3) is 0 Å². The number of carbonyl (C=O) groups is 1. The Labute approximate surface area is 98.6 Å². The fourth-order valence-corrected chi connectivity index (χ4v) is 2.32. The zero-order valence-corrected chi connectivity index (χ0v) is 10.8. The molecule has 0 unspecified atom stereocenters. The maximum absolute atomic E-state index is 12.2. The fraction of sp³-hybridized carbons (Fsp3) is 0.923. The van der Waals surface area contributed by atoms with E-state index in [0.717, 1.165) is 25.7 Å². The molecule has 94 valence electrons. The summed E-state index contributed by atoms with van der Waals surface area (Å²) in [6.07, 6.45) is 5.51. The Kier molecular flexibility index (Phi) is 4.78. The fourth-order valence-electron chi connectivity index (χ4n) is 2.32. The van der Waals surface area contributed by atoms with Crippen molar-refractivity contribution < 1.29 is 9.90 Å². The van der Waals surface area contributed by atoms with Gasteiger partial charge in [0, 0.05) is 5.41 Å². The maximum atomic E-state index is 12.2. The SMILES string of the molecule is CC(C)[C@@H](CO)NC(=O)C1(C)CCCCC1. The predicted octanol–water partition coefficient (Wildman–Crippen LogP) is 2.09. The minimum atomic E-state index is -0.208. The van der Waals surface area contributed by atoms with E-state index < -0.39 is 0 Å². The smallest absolute Gasteiger partial charge is 0.226 e. The molecule has 0 aromatic rings. The van der Waals surface area contributed by atoms with Crippen molar-refractivity contribution in [3.8, 4) is 0 Å². The highest BCUT2D eigenvalue weighted by Gasteiger charge is 2.35. The summed E-state index contributed by atoms with van der Waals surface area (Å²) in [7, 11) is 0. The van der Waals surface area contributed by atoms with Crippen molar-refractivity contribution in [3.63, 3.8) is 0 Å². The van der Waals surface area contributed by atoms with Gasteiger partial charge in [-0.15, -0.1) is 0 Å². The third-order valence-electron chi connectivity index (χ3n) is 3.82. The zero-order chi connectivity index (χ0) is 12.2. The number of rotatable bonds is 4. The standard InChI is InChI=1S/C13H25NO2/c1-10(2)11(9-15)14-12(16)13(3)7-5-4-6-8-13/h10-11,15H,4-9H2,1-3H3,(H,14,16)/t11-/m1/s1. The van der Waals surface area contributed by atoms with E-state index in [0.29, 0.717) is 0 Å². The van der Waals surface area contributed by atoms with Gasteiger partial charge in [0.05, 0.1) is 12.6 Å². The van der Waals surface area contributed by atoms with Crippen molar-refractivity contribution in [1.29, 1.82) is 0 Å². The van der Waals surface area contributed by atoms with Gasteiger partial charge >= 0.3 is 0 Å². The van der Waals surface area contributed by atoms with Crippen LogP contribution in [0.3, 0.4) is 0 Å². The molecule has 1 rings (SSSR count). The van der Waals surface area contributed by atoms with Crippen molar-refractivity contribution in [2.75, 3.05) is 6.61 Å². The number of hydrogen-bond donors (Lipinski definition) is 2. The summed E-state index contributed by atoms with van der Waals surface area (Å²) in [5.74, 6) is 0.404. The molecule has 1 aliphatic rings. The van der Waals surface area contributed by atoms with Crippen molar-refractivity contribution in [3.05, 3.63) is 0 Å². The van der Waals surface area contributed by atoms with Crippen molar-refractivity contribution in [2.45, 2.75) is 58.9 Å². The maximum Gasteiger partial charge on any atom is 0.226 e. The molecular weight excluding hydrogens is 202 g/mol. The summed E-state index contributed by atoms with van der Waals surface area (Å²) in [6, 6.07) is -0.105. The van der Waals surface area contributed by atoms with Crippen molar-refractivity contribution in [1.82, 2.24) is 5.32 Å². The lowest BCUT2D eigenvalue weighted by Crippen LogP contribution is -2.48. The van der Waals surface area contributed by atoms with Crippen LogP contribution in [0.5, 0.6) is 0 Å². The predicted molar refractivity (Wildman–Crippen MR) is 65.0 cm³/mol. The molecule has 0 aromatic carbocycles. The van der Waals surface area contributed by atoms with Gasteiger partial charge in [-0.3, -0.25) is 4.79 Å². The average molecular weight is 227 g/mol. The largest absolute Gasteiger partial charge is 0.394 e. The van der Waals surface area contributed by atoms with Crippen LogP contribution in [0.1, 0.15) is 52.9 Å². The van der Waals surface area contributed by atoms with Crippen LogP contribution >= 0.6 is 0 Å². The lowest BCUT2D eigenvalue weighted by atomic mass is 9.75. The van der Waals surface area contributed by atoms with E-state index in [1.165, 1.54) is 6.42 Å². The Morgan fingerprint density at radius 1 is 1.31 bits per heavy atom. The molecule has 1 atom stereocenters. The topological polar surface area (TPSA) is 49.3 Å². The Balaban J connectivity index is 2.55. The molecule has 0 aliphatic heterocycles. The molecule has 0 saturated heterocycles. The monoisotopic (exact) mass is 227 g/mol. The van der Waals surface area contributed by atoms with Gasteiger partial charge in [-0.05, 0) is 18.8 Å². The molecule has 0 spiro atoms. The molecule has 3 heteroatoms. The van der Waals surface area contributed by atoms with Gasteiger partial charge < -0.3 is 10.4 Å². The summed E-state index contributed by atoms with van der Waals surface area (Å²) >= 11 is 0. The highest BCUT2D eigenvalue weighted by Crippen LogP contribution is 2.36. The third kappa shape index (κ3) is 3.21. The number of aliphatic hydroxyl groups is 1. The number of nitrogens with one attached hydrogen (secondary N) is 1. The second-order valence-corrected chi connectivity index (χ2v) is 5.63. The number of hydrogen-bond acceptors (Lipinski definition) is 2. The normalized spacial score (nSPS) is 21.8. The number of amides is 1. The van der Waals surface area contributed by atoms with Crippen LogP contribution in [0.15, 0.2) is 0 Å². The minimum Gasteiger partial charge on any atom is -0.394 e. The van der Waals surface area contributed by atoms with Gasteiger partial charge in [-0.25, -0.2) is 0 Å². The highest BCUT2D eigenvalue weighted by atomic mass is 16.3. The molecule has 1 aliphatic carbocycles. The Morgan fingerprint density at radius 2 is 1.88 bits per heavy atom. The van der Waals surface area contributed by atoms with E-state index in [1.807, 2.05) is 13.8 Å². The Morgan fingerprint density at radius 3 is 2.31 bits per heavy atom. The average Bonchev–Trinajstić information content (AvgIpc) is 2.26. The van der Waals surface area contributed by atoms with Gasteiger partial charge in [-0.1, -0.05) is 40.0 Å². The number of carbonyl (C=O) groups excluding carboxylic acids is 1. The molecule has 0 heterocycles. The van der Waals surface area contributed by atoms with Gasteiger partial charge in [0.15, 0.2) is 0 Å². The molecule has 0 radical (unpaired) electrons. The summed E-state index contributed by atoms with van der Waals surface area (Å²) in [6.45, 7) is 6.12. The summed E-state index contributed by atoms with van der Waals surface area (Å²) in [5.41, 5.74) is -0.208. The van der Waals surface area contributed by atoms with Crippen LogP contribution in [0.2, 0.25) is 0 Å². The first-order valence-corrected chi connectivity index (χ1v) is 6.41. The van der Waals surface area contributed by atoms with Gasteiger partial charge in [-0.2, -0.15) is 0 Å². The van der Waals surface area contributed by atoms with Gasteiger partial charge in [0.2, 0.25) is 5.91 Å². The molecule has 3 nitrogen and oxygen atoms in total. The summed E-state index contributed by atoms with van der Waals surface area (Å²) < 4.78 is 0. The van der Waals surface area contributed by atoms with E-state index in [9.17, 15) is 9.90 Å². The van der Waals surface area contributed by atoms with Crippen LogP contribution in [-0.4, -0.2) is 23.7 Å². The summed E-state index contributed by atoms with van der Waals surface area (Å²) in [5, 5.41) is 12.2. The molecule has 0 bridgehead atoms. The molecule has 1 saturated carbocycles. The number of aliphatic hydroxyl groups excluding tert-OH is 1. The lowest BCUT2D eigenvalue weighted by molar-refractivity contribution is -0.133. The quantitative estimate of drug-likeness (QED) is 0.772. The Bertz CT molecular complexity index is 232. The zero-order valence-electron chi connectivity index (χ0n) is 10.8. The lowest BCUT2D eigenvalue weighted by Gasteiger charge is -2.34. The Hall–Kier alpha value is -0.570. The summed E-state index contributed by atoms with van der Waals surface area (Å²) in [4.78, 5) is 12.2. The van der Waals surface area contributed by atoms with E-state index in [-0.39, 0.29) is 29.9 Å². The second kappa shape index (κ2) is 5.67.